The molecular formula is C22H24ClFN2O4. The Morgan fingerprint density at radius 3 is 2.33 bits per heavy atom. The number of anilines is 1. The van der Waals surface area contributed by atoms with Crippen LogP contribution in [0.15, 0.2) is 42.5 Å². The van der Waals surface area contributed by atoms with Gasteiger partial charge in [0.15, 0.2) is 5.78 Å². The number of hydrogen-bond acceptors (Lipinski definition) is 4. The summed E-state index contributed by atoms with van der Waals surface area (Å²) in [6, 6.07) is 9.23. The second-order valence-electron chi connectivity index (χ2n) is 7.75. The summed E-state index contributed by atoms with van der Waals surface area (Å²) < 4.78 is 18.2. The molecule has 0 radical (unpaired) electrons. The Balaban J connectivity index is 2.13. The van der Waals surface area contributed by atoms with Crippen molar-refractivity contribution in [3.63, 3.8) is 0 Å². The van der Waals surface area contributed by atoms with Crippen molar-refractivity contribution in [1.82, 2.24) is 5.32 Å². The predicted molar refractivity (Wildman–Crippen MR) is 113 cm³/mol. The Bertz CT molecular complexity index is 939. The van der Waals surface area contributed by atoms with Gasteiger partial charge in [-0.05, 0) is 63.6 Å². The molecule has 6 nitrogen and oxygen atoms in total. The van der Waals surface area contributed by atoms with E-state index in [0.29, 0.717) is 11.3 Å². The van der Waals surface area contributed by atoms with Crippen molar-refractivity contribution in [2.45, 2.75) is 45.8 Å². The highest BCUT2D eigenvalue weighted by atomic mass is 35.5. The Kier molecular flexibility index (Phi) is 7.56. The van der Waals surface area contributed by atoms with Gasteiger partial charge in [-0.15, -0.1) is 0 Å². The Morgan fingerprint density at radius 1 is 1.10 bits per heavy atom. The fraction of sp³-hybridized carbons (Fsp3) is 0.318. The molecule has 2 rings (SSSR count). The summed E-state index contributed by atoms with van der Waals surface area (Å²) in [6.45, 7) is 6.69. The monoisotopic (exact) mass is 434 g/mol. The zero-order chi connectivity index (χ0) is 22.5. The lowest BCUT2D eigenvalue weighted by Crippen LogP contribution is -2.42. The molecule has 0 fully saturated rings. The molecular weight excluding hydrogens is 411 g/mol. The number of ether oxygens (including phenoxy) is 1. The topological polar surface area (TPSA) is 84.5 Å². The van der Waals surface area contributed by atoms with Crippen LogP contribution in [0.2, 0.25) is 5.02 Å². The lowest BCUT2D eigenvalue weighted by atomic mass is 9.99. The lowest BCUT2D eigenvalue weighted by Gasteiger charge is -2.21. The molecule has 8 heteroatoms. The van der Waals surface area contributed by atoms with Crippen LogP contribution in [0.3, 0.4) is 0 Å². The van der Waals surface area contributed by atoms with Gasteiger partial charge < -0.3 is 15.4 Å². The zero-order valence-electron chi connectivity index (χ0n) is 17.2. The van der Waals surface area contributed by atoms with Crippen molar-refractivity contribution >= 4 is 35.1 Å². The fourth-order valence-corrected chi connectivity index (χ4v) is 2.88. The minimum absolute atomic E-state index is 0.121. The predicted octanol–water partition coefficient (Wildman–Crippen LogP) is 4.76. The minimum atomic E-state index is -0.827. The third-order valence-corrected chi connectivity index (χ3v) is 4.32. The average molecular weight is 435 g/mol. The van der Waals surface area contributed by atoms with E-state index in [2.05, 4.69) is 10.6 Å². The summed E-state index contributed by atoms with van der Waals surface area (Å²) in [7, 11) is 0. The van der Waals surface area contributed by atoms with Crippen LogP contribution in [-0.2, 0) is 16.0 Å². The molecule has 160 valence electrons. The number of carbonyl (C=O) groups is 3. The van der Waals surface area contributed by atoms with E-state index in [4.69, 9.17) is 16.3 Å². The van der Waals surface area contributed by atoms with Gasteiger partial charge in [-0.3, -0.25) is 9.59 Å². The van der Waals surface area contributed by atoms with Crippen LogP contribution in [0.25, 0.3) is 0 Å². The van der Waals surface area contributed by atoms with E-state index >= 15 is 0 Å². The van der Waals surface area contributed by atoms with Crippen LogP contribution in [0.4, 0.5) is 14.9 Å². The maximum absolute atomic E-state index is 13.1. The molecule has 0 bridgehead atoms. The van der Waals surface area contributed by atoms with Gasteiger partial charge in [0.1, 0.15) is 11.4 Å². The first-order valence-electron chi connectivity index (χ1n) is 9.33. The van der Waals surface area contributed by atoms with Gasteiger partial charge in [0, 0.05) is 12.1 Å². The molecule has 2 N–H and O–H groups in total. The fourth-order valence-electron chi connectivity index (χ4n) is 2.60. The van der Waals surface area contributed by atoms with Crippen LogP contribution in [0, 0.1) is 5.82 Å². The zero-order valence-corrected chi connectivity index (χ0v) is 18.0. The smallest absolute Gasteiger partial charge is 0.408 e. The average Bonchev–Trinajstić information content (AvgIpc) is 2.61. The molecule has 0 aliphatic carbocycles. The molecule has 0 aliphatic heterocycles. The maximum atomic E-state index is 13.1. The van der Waals surface area contributed by atoms with Crippen molar-refractivity contribution in [2.24, 2.45) is 0 Å². The van der Waals surface area contributed by atoms with E-state index in [1.54, 1.807) is 32.9 Å². The van der Waals surface area contributed by atoms with Crippen molar-refractivity contribution in [1.29, 1.82) is 0 Å². The van der Waals surface area contributed by atoms with Gasteiger partial charge >= 0.3 is 6.09 Å². The standard InChI is InChI=1S/C22H24ClFN2O4/c1-13(25-21(29)30-22(2,3)4)18(27)12-14-6-5-7-17(23)19(14)20(28)26-16-10-8-15(24)9-11-16/h5-11,13H,12H2,1-4H3,(H,25,29)(H,26,28)/t13-/m0/s1. The second-order valence-corrected chi connectivity index (χ2v) is 8.15. The number of amides is 2. The van der Waals surface area contributed by atoms with Crippen molar-refractivity contribution in [2.75, 3.05) is 5.32 Å². The van der Waals surface area contributed by atoms with Crippen LogP contribution < -0.4 is 10.6 Å². The number of benzene rings is 2. The molecule has 1 atom stereocenters. The Hall–Kier alpha value is -2.93. The number of carbonyl (C=O) groups excluding carboxylic acids is 3. The summed E-state index contributed by atoms with van der Waals surface area (Å²) in [5.41, 5.74) is 0.246. The summed E-state index contributed by atoms with van der Waals surface area (Å²) in [6.07, 6.45) is -0.826. The second kappa shape index (κ2) is 9.71. The molecule has 0 unspecified atom stereocenters. The van der Waals surface area contributed by atoms with Gasteiger partial charge in [-0.25, -0.2) is 9.18 Å². The first kappa shape index (κ1) is 23.3. The van der Waals surface area contributed by atoms with Crippen molar-refractivity contribution in [3.8, 4) is 0 Å². The molecule has 2 aromatic carbocycles. The number of hydrogen-bond donors (Lipinski definition) is 2. The van der Waals surface area contributed by atoms with E-state index < -0.39 is 29.5 Å². The van der Waals surface area contributed by atoms with E-state index in [0.717, 1.165) is 0 Å². The van der Waals surface area contributed by atoms with Crippen LogP contribution >= 0.6 is 11.6 Å². The van der Waals surface area contributed by atoms with Gasteiger partial charge in [0.25, 0.3) is 5.91 Å². The Morgan fingerprint density at radius 2 is 1.73 bits per heavy atom. The van der Waals surface area contributed by atoms with E-state index in [1.807, 2.05) is 0 Å². The summed E-state index contributed by atoms with van der Waals surface area (Å²) in [4.78, 5) is 37.2. The van der Waals surface area contributed by atoms with Crippen molar-refractivity contribution in [3.05, 3.63) is 64.4 Å². The molecule has 0 aliphatic rings. The largest absolute Gasteiger partial charge is 0.444 e. The van der Waals surface area contributed by atoms with Crippen LogP contribution in [0.1, 0.15) is 43.6 Å². The highest BCUT2D eigenvalue weighted by Crippen LogP contribution is 2.23. The van der Waals surface area contributed by atoms with Gasteiger partial charge in [0.05, 0.1) is 16.6 Å². The number of alkyl carbamates (subject to hydrolysis) is 1. The molecule has 0 saturated carbocycles. The highest BCUT2D eigenvalue weighted by molar-refractivity contribution is 6.34. The molecule has 0 heterocycles. The molecule has 2 aromatic rings. The lowest BCUT2D eigenvalue weighted by molar-refractivity contribution is -0.120. The van der Waals surface area contributed by atoms with E-state index in [9.17, 15) is 18.8 Å². The van der Waals surface area contributed by atoms with Gasteiger partial charge in [-0.2, -0.15) is 0 Å². The Labute approximate surface area is 179 Å². The number of ketones is 1. The summed E-state index contributed by atoms with van der Waals surface area (Å²) >= 11 is 6.21. The first-order valence-corrected chi connectivity index (χ1v) is 9.70. The molecule has 30 heavy (non-hydrogen) atoms. The van der Waals surface area contributed by atoms with Crippen LogP contribution in [-0.4, -0.2) is 29.4 Å². The molecule has 0 saturated heterocycles. The van der Waals surface area contributed by atoms with Gasteiger partial charge in [0.2, 0.25) is 0 Å². The van der Waals surface area contributed by atoms with E-state index in [1.165, 1.54) is 37.3 Å². The highest BCUT2D eigenvalue weighted by Gasteiger charge is 2.23. The third kappa shape index (κ3) is 6.84. The number of halogens is 2. The SMILES string of the molecule is C[C@H](NC(=O)OC(C)(C)C)C(=O)Cc1cccc(Cl)c1C(=O)Nc1ccc(F)cc1. The molecule has 2 amide bonds. The van der Waals surface area contributed by atoms with Crippen LogP contribution in [0.5, 0.6) is 0 Å². The normalized spacial score (nSPS) is 12.1. The summed E-state index contributed by atoms with van der Waals surface area (Å²) in [5.74, 6) is -1.27. The maximum Gasteiger partial charge on any atom is 0.408 e. The molecule has 0 aromatic heterocycles. The van der Waals surface area contributed by atoms with Gasteiger partial charge in [-0.1, -0.05) is 23.7 Å². The van der Waals surface area contributed by atoms with E-state index in [-0.39, 0.29) is 22.8 Å². The minimum Gasteiger partial charge on any atom is -0.444 e. The number of nitrogens with one attached hydrogen (secondary N) is 2. The molecule has 0 spiro atoms. The summed E-state index contributed by atoms with van der Waals surface area (Å²) in [5, 5.41) is 5.29. The number of rotatable bonds is 6. The quantitative estimate of drug-likeness (QED) is 0.686. The first-order chi connectivity index (χ1) is 14.0. The van der Waals surface area contributed by atoms with Crippen molar-refractivity contribution < 1.29 is 23.5 Å². The third-order valence-electron chi connectivity index (χ3n) is 4.01. The number of Topliss-reactive ketones (excluding diaryl/α,β-unsaturated/α-hetero) is 1.